The standard InChI is InChI=1S/C23H30N6O2/c1-15-14-28(16(2)23(31)26-17-6-4-5-7-17)10-11-29(15)20-12-21(30)27(3)19-9-8-18(13-24)25-22(19)20/h8-9,12,15-17H,4-7,10-11,14H2,1-3H3,(H,26,31). The lowest BCUT2D eigenvalue weighted by Gasteiger charge is -2.43. The predicted octanol–water partition coefficient (Wildman–Crippen LogP) is 1.76. The Hall–Kier alpha value is -2.92. The van der Waals surface area contributed by atoms with Gasteiger partial charge >= 0.3 is 0 Å². The van der Waals surface area contributed by atoms with E-state index in [1.165, 1.54) is 12.8 Å². The van der Waals surface area contributed by atoms with Gasteiger partial charge in [0.05, 0.1) is 17.2 Å². The molecule has 2 aromatic rings. The molecule has 164 valence electrons. The molecule has 1 saturated carbocycles. The van der Waals surface area contributed by atoms with Crippen molar-refractivity contribution in [3.8, 4) is 6.07 Å². The van der Waals surface area contributed by atoms with E-state index in [4.69, 9.17) is 0 Å². The first-order chi connectivity index (χ1) is 14.9. The van der Waals surface area contributed by atoms with Crippen LogP contribution < -0.4 is 15.8 Å². The molecule has 8 nitrogen and oxygen atoms in total. The van der Waals surface area contributed by atoms with Crippen molar-refractivity contribution < 1.29 is 4.79 Å². The smallest absolute Gasteiger partial charge is 0.252 e. The first kappa shape index (κ1) is 21.3. The summed E-state index contributed by atoms with van der Waals surface area (Å²) in [5.41, 5.74) is 2.35. The van der Waals surface area contributed by atoms with Crippen molar-refractivity contribution in [1.29, 1.82) is 5.26 Å². The molecule has 2 atom stereocenters. The number of aromatic nitrogens is 2. The quantitative estimate of drug-likeness (QED) is 0.807. The molecule has 31 heavy (non-hydrogen) atoms. The van der Waals surface area contributed by atoms with Crippen molar-refractivity contribution in [3.05, 3.63) is 34.2 Å². The maximum absolute atomic E-state index is 12.7. The third-order valence-electron chi connectivity index (χ3n) is 6.78. The topological polar surface area (TPSA) is 94.3 Å². The van der Waals surface area contributed by atoms with E-state index in [1.54, 1.807) is 29.8 Å². The number of nitrogens with zero attached hydrogens (tertiary/aromatic N) is 5. The third kappa shape index (κ3) is 4.15. The van der Waals surface area contributed by atoms with Crippen molar-refractivity contribution in [2.75, 3.05) is 24.5 Å². The van der Waals surface area contributed by atoms with Crippen LogP contribution in [0.5, 0.6) is 0 Å². The number of rotatable bonds is 4. The van der Waals surface area contributed by atoms with Gasteiger partial charge in [-0.15, -0.1) is 0 Å². The molecule has 1 aliphatic carbocycles. The van der Waals surface area contributed by atoms with Gasteiger partial charge in [0.1, 0.15) is 17.3 Å². The second-order valence-electron chi connectivity index (χ2n) is 8.81. The minimum absolute atomic E-state index is 0.0957. The van der Waals surface area contributed by atoms with Crippen LogP contribution in [0, 0.1) is 11.3 Å². The monoisotopic (exact) mass is 422 g/mol. The predicted molar refractivity (Wildman–Crippen MR) is 120 cm³/mol. The Bertz CT molecular complexity index is 1080. The fraction of sp³-hybridized carbons (Fsp3) is 0.565. The number of pyridine rings is 2. The Kier molecular flexibility index (Phi) is 5.96. The molecule has 0 spiro atoms. The van der Waals surface area contributed by atoms with Gasteiger partial charge in [-0.3, -0.25) is 14.5 Å². The van der Waals surface area contributed by atoms with E-state index in [9.17, 15) is 14.9 Å². The fourth-order valence-electron chi connectivity index (χ4n) is 4.85. The summed E-state index contributed by atoms with van der Waals surface area (Å²) in [5, 5.41) is 12.5. The molecule has 2 aromatic heterocycles. The number of carbonyl (C=O) groups is 1. The Labute approximate surface area is 182 Å². The molecule has 1 amide bonds. The molecule has 1 saturated heterocycles. The zero-order valence-corrected chi connectivity index (χ0v) is 18.5. The number of hydrogen-bond donors (Lipinski definition) is 1. The summed E-state index contributed by atoms with van der Waals surface area (Å²) < 4.78 is 1.56. The Morgan fingerprint density at radius 3 is 2.71 bits per heavy atom. The highest BCUT2D eigenvalue weighted by Gasteiger charge is 2.32. The highest BCUT2D eigenvalue weighted by molar-refractivity contribution is 5.89. The van der Waals surface area contributed by atoms with Crippen LogP contribution in [0.15, 0.2) is 23.0 Å². The van der Waals surface area contributed by atoms with Crippen LogP contribution in [0.1, 0.15) is 45.2 Å². The minimum Gasteiger partial charge on any atom is -0.364 e. The summed E-state index contributed by atoms with van der Waals surface area (Å²) in [4.78, 5) is 34.2. The molecular weight excluding hydrogens is 392 g/mol. The number of nitriles is 1. The van der Waals surface area contributed by atoms with E-state index in [-0.39, 0.29) is 23.6 Å². The number of fused-ring (bicyclic) bond motifs is 1. The molecule has 0 bridgehead atoms. The Morgan fingerprint density at radius 2 is 2.03 bits per heavy atom. The molecule has 2 fully saturated rings. The summed E-state index contributed by atoms with van der Waals surface area (Å²) in [7, 11) is 1.72. The van der Waals surface area contributed by atoms with E-state index in [2.05, 4.69) is 33.1 Å². The summed E-state index contributed by atoms with van der Waals surface area (Å²) in [5.74, 6) is 0.104. The van der Waals surface area contributed by atoms with E-state index in [0.29, 0.717) is 35.9 Å². The van der Waals surface area contributed by atoms with Crippen LogP contribution in [0.3, 0.4) is 0 Å². The van der Waals surface area contributed by atoms with Crippen LogP contribution in [0.2, 0.25) is 0 Å². The summed E-state index contributed by atoms with van der Waals surface area (Å²) in [6, 6.07) is 7.34. The lowest BCUT2D eigenvalue weighted by atomic mass is 10.1. The van der Waals surface area contributed by atoms with Gasteiger partial charge in [0, 0.05) is 44.8 Å². The first-order valence-corrected chi connectivity index (χ1v) is 11.1. The van der Waals surface area contributed by atoms with Gasteiger partial charge < -0.3 is 14.8 Å². The molecule has 0 aromatic carbocycles. The molecule has 3 heterocycles. The number of anilines is 1. The first-order valence-electron chi connectivity index (χ1n) is 11.1. The van der Waals surface area contributed by atoms with Crippen molar-refractivity contribution in [1.82, 2.24) is 19.8 Å². The Balaban J connectivity index is 1.54. The van der Waals surface area contributed by atoms with E-state index in [0.717, 1.165) is 25.1 Å². The third-order valence-corrected chi connectivity index (χ3v) is 6.78. The van der Waals surface area contributed by atoms with E-state index >= 15 is 0 Å². The van der Waals surface area contributed by atoms with Crippen LogP contribution in [0.4, 0.5) is 5.69 Å². The zero-order chi connectivity index (χ0) is 22.1. The van der Waals surface area contributed by atoms with Gasteiger partial charge in [0.2, 0.25) is 5.91 Å². The zero-order valence-electron chi connectivity index (χ0n) is 18.5. The normalized spacial score (nSPS) is 21.2. The van der Waals surface area contributed by atoms with Crippen LogP contribution in [-0.2, 0) is 11.8 Å². The number of aryl methyl sites for hydroxylation is 1. The van der Waals surface area contributed by atoms with Crippen LogP contribution in [-0.4, -0.2) is 58.1 Å². The highest BCUT2D eigenvalue weighted by Crippen LogP contribution is 2.27. The van der Waals surface area contributed by atoms with Crippen molar-refractivity contribution in [2.45, 2.75) is 57.7 Å². The second kappa shape index (κ2) is 8.67. The van der Waals surface area contributed by atoms with Gasteiger partial charge in [-0.05, 0) is 38.8 Å². The van der Waals surface area contributed by atoms with Gasteiger partial charge in [0.15, 0.2) is 0 Å². The fourth-order valence-corrected chi connectivity index (χ4v) is 4.85. The Morgan fingerprint density at radius 1 is 1.29 bits per heavy atom. The van der Waals surface area contributed by atoms with Crippen LogP contribution >= 0.6 is 0 Å². The van der Waals surface area contributed by atoms with Gasteiger partial charge in [-0.25, -0.2) is 4.98 Å². The van der Waals surface area contributed by atoms with E-state index in [1.807, 2.05) is 6.92 Å². The lowest BCUT2D eigenvalue weighted by Crippen LogP contribution is -2.58. The SMILES string of the molecule is CC(C(=O)NC1CCCC1)N1CCN(c2cc(=O)n(C)c3ccc(C#N)nc23)C(C)C1. The number of nitrogens with one attached hydrogen (secondary N) is 1. The van der Waals surface area contributed by atoms with E-state index < -0.39 is 0 Å². The summed E-state index contributed by atoms with van der Waals surface area (Å²) in [6.07, 6.45) is 4.55. The van der Waals surface area contributed by atoms with Crippen molar-refractivity contribution in [2.24, 2.45) is 7.05 Å². The molecule has 4 rings (SSSR count). The maximum atomic E-state index is 12.7. The number of hydrogen-bond acceptors (Lipinski definition) is 6. The molecule has 1 aliphatic heterocycles. The molecule has 8 heteroatoms. The summed E-state index contributed by atoms with van der Waals surface area (Å²) in [6.45, 7) is 6.20. The maximum Gasteiger partial charge on any atom is 0.252 e. The lowest BCUT2D eigenvalue weighted by molar-refractivity contribution is -0.126. The molecular formula is C23H30N6O2. The molecule has 1 N–H and O–H groups in total. The average Bonchev–Trinajstić information content (AvgIpc) is 3.28. The highest BCUT2D eigenvalue weighted by atomic mass is 16.2. The largest absolute Gasteiger partial charge is 0.364 e. The summed E-state index contributed by atoms with van der Waals surface area (Å²) >= 11 is 0. The minimum atomic E-state index is -0.186. The molecule has 2 unspecified atom stereocenters. The van der Waals surface area contributed by atoms with Gasteiger partial charge in [0.25, 0.3) is 5.56 Å². The van der Waals surface area contributed by atoms with Gasteiger partial charge in [-0.2, -0.15) is 5.26 Å². The number of carbonyl (C=O) groups excluding carboxylic acids is 1. The van der Waals surface area contributed by atoms with Crippen molar-refractivity contribution in [3.63, 3.8) is 0 Å². The second-order valence-corrected chi connectivity index (χ2v) is 8.81. The number of piperazine rings is 1. The molecule has 0 radical (unpaired) electrons. The van der Waals surface area contributed by atoms with Gasteiger partial charge in [-0.1, -0.05) is 12.8 Å². The average molecular weight is 423 g/mol. The van der Waals surface area contributed by atoms with Crippen molar-refractivity contribution >= 4 is 22.6 Å². The van der Waals surface area contributed by atoms with Crippen LogP contribution in [0.25, 0.3) is 11.0 Å². The number of amides is 1. The molecule has 2 aliphatic rings.